The number of nitrogens with one attached hydrogen (secondary N) is 1. The molecule has 0 bridgehead atoms. The van der Waals surface area contributed by atoms with Crippen LogP contribution in [0.25, 0.3) is 0 Å². The van der Waals surface area contributed by atoms with E-state index in [2.05, 4.69) is 15.3 Å². The van der Waals surface area contributed by atoms with Crippen molar-refractivity contribution >= 4 is 17.5 Å². The molecule has 0 spiro atoms. The van der Waals surface area contributed by atoms with E-state index in [0.29, 0.717) is 11.2 Å². The Bertz CT molecular complexity index is 427. The first-order valence-electron chi connectivity index (χ1n) is 7.15. The Balaban J connectivity index is 1.77. The molecular weight excluding hydrogens is 246 g/mol. The van der Waals surface area contributed by atoms with Gasteiger partial charge in [0.05, 0.1) is 5.69 Å². The second-order valence-electron chi connectivity index (χ2n) is 5.45. The highest BCUT2D eigenvalue weighted by atomic mass is 35.5. The SMILES string of the molecule is Clc1nc(NC2CCCCC2)nc2c1CCCC2. The fraction of sp³-hybridized carbons (Fsp3) is 0.714. The summed E-state index contributed by atoms with van der Waals surface area (Å²) in [5.41, 5.74) is 2.34. The van der Waals surface area contributed by atoms with E-state index in [1.54, 1.807) is 0 Å². The topological polar surface area (TPSA) is 37.8 Å². The molecule has 0 saturated heterocycles. The summed E-state index contributed by atoms with van der Waals surface area (Å²) < 4.78 is 0. The number of aryl methyl sites for hydroxylation is 1. The molecule has 3 rings (SSSR count). The molecule has 0 amide bonds. The van der Waals surface area contributed by atoms with Crippen molar-refractivity contribution in [1.29, 1.82) is 0 Å². The van der Waals surface area contributed by atoms with E-state index in [9.17, 15) is 0 Å². The van der Waals surface area contributed by atoms with Gasteiger partial charge in [-0.15, -0.1) is 0 Å². The monoisotopic (exact) mass is 265 g/mol. The van der Waals surface area contributed by atoms with Gasteiger partial charge in [0.2, 0.25) is 5.95 Å². The minimum atomic E-state index is 0.538. The van der Waals surface area contributed by atoms with Gasteiger partial charge in [0.25, 0.3) is 0 Å². The number of nitrogens with zero attached hydrogens (tertiary/aromatic N) is 2. The third-order valence-electron chi connectivity index (χ3n) is 4.07. The van der Waals surface area contributed by atoms with Gasteiger partial charge in [-0.2, -0.15) is 0 Å². The first kappa shape index (κ1) is 12.2. The van der Waals surface area contributed by atoms with E-state index in [1.165, 1.54) is 56.2 Å². The van der Waals surface area contributed by atoms with E-state index in [1.807, 2.05) is 0 Å². The highest BCUT2D eigenvalue weighted by Crippen LogP contribution is 2.27. The summed E-state index contributed by atoms with van der Waals surface area (Å²) in [7, 11) is 0. The molecule has 0 aromatic carbocycles. The molecule has 4 heteroatoms. The van der Waals surface area contributed by atoms with Crippen molar-refractivity contribution in [1.82, 2.24) is 9.97 Å². The number of anilines is 1. The zero-order chi connectivity index (χ0) is 12.4. The van der Waals surface area contributed by atoms with Crippen LogP contribution in [0.4, 0.5) is 5.95 Å². The number of fused-ring (bicyclic) bond motifs is 1. The number of hydrogen-bond donors (Lipinski definition) is 1. The van der Waals surface area contributed by atoms with E-state index in [0.717, 1.165) is 18.8 Å². The third kappa shape index (κ3) is 2.61. The molecule has 98 valence electrons. The summed E-state index contributed by atoms with van der Waals surface area (Å²) in [6.07, 6.45) is 11.0. The Morgan fingerprint density at radius 3 is 2.56 bits per heavy atom. The van der Waals surface area contributed by atoms with Crippen LogP contribution >= 0.6 is 11.6 Å². The van der Waals surface area contributed by atoms with Gasteiger partial charge < -0.3 is 5.32 Å². The van der Waals surface area contributed by atoms with Gasteiger partial charge in [0.15, 0.2) is 0 Å². The van der Waals surface area contributed by atoms with Crippen LogP contribution in [0.3, 0.4) is 0 Å². The molecule has 1 N–H and O–H groups in total. The maximum atomic E-state index is 6.27. The van der Waals surface area contributed by atoms with E-state index in [-0.39, 0.29) is 0 Å². The molecule has 1 fully saturated rings. The average molecular weight is 266 g/mol. The van der Waals surface area contributed by atoms with Crippen LogP contribution in [0, 0.1) is 0 Å². The van der Waals surface area contributed by atoms with E-state index < -0.39 is 0 Å². The van der Waals surface area contributed by atoms with Gasteiger partial charge in [-0.3, -0.25) is 0 Å². The normalized spacial score (nSPS) is 20.5. The Labute approximate surface area is 113 Å². The number of halogens is 1. The van der Waals surface area contributed by atoms with Crippen molar-refractivity contribution in [2.45, 2.75) is 63.8 Å². The van der Waals surface area contributed by atoms with Crippen molar-refractivity contribution in [2.75, 3.05) is 5.32 Å². The molecule has 18 heavy (non-hydrogen) atoms. The van der Waals surface area contributed by atoms with Crippen LogP contribution in [0.1, 0.15) is 56.2 Å². The van der Waals surface area contributed by atoms with Crippen molar-refractivity contribution < 1.29 is 0 Å². The molecule has 1 heterocycles. The predicted octanol–water partition coefficient (Wildman–Crippen LogP) is 3.75. The summed E-state index contributed by atoms with van der Waals surface area (Å²) in [6, 6.07) is 0.538. The molecule has 0 unspecified atom stereocenters. The Morgan fingerprint density at radius 1 is 0.944 bits per heavy atom. The van der Waals surface area contributed by atoms with Crippen LogP contribution < -0.4 is 5.32 Å². The lowest BCUT2D eigenvalue weighted by atomic mass is 9.95. The molecule has 1 aromatic heterocycles. The second-order valence-corrected chi connectivity index (χ2v) is 5.81. The van der Waals surface area contributed by atoms with Gasteiger partial charge >= 0.3 is 0 Å². The van der Waals surface area contributed by atoms with Gasteiger partial charge in [-0.1, -0.05) is 30.9 Å². The van der Waals surface area contributed by atoms with Crippen LogP contribution in [0.15, 0.2) is 0 Å². The van der Waals surface area contributed by atoms with Crippen LogP contribution in [0.5, 0.6) is 0 Å². The zero-order valence-electron chi connectivity index (χ0n) is 10.7. The van der Waals surface area contributed by atoms with Gasteiger partial charge in [0.1, 0.15) is 5.15 Å². The largest absolute Gasteiger partial charge is 0.351 e. The molecular formula is C14H20ClN3. The molecule has 3 nitrogen and oxygen atoms in total. The van der Waals surface area contributed by atoms with Gasteiger partial charge in [0, 0.05) is 11.6 Å². The van der Waals surface area contributed by atoms with Gasteiger partial charge in [-0.05, 0) is 38.5 Å². The number of rotatable bonds is 2. The van der Waals surface area contributed by atoms with Crippen molar-refractivity contribution in [3.63, 3.8) is 0 Å². The highest BCUT2D eigenvalue weighted by molar-refractivity contribution is 6.30. The Hall–Kier alpha value is -0.830. The molecule has 1 aromatic rings. The van der Waals surface area contributed by atoms with Crippen LogP contribution in [0.2, 0.25) is 5.15 Å². The fourth-order valence-corrected chi connectivity index (χ4v) is 3.33. The van der Waals surface area contributed by atoms with Crippen LogP contribution in [-0.2, 0) is 12.8 Å². The quantitative estimate of drug-likeness (QED) is 0.828. The van der Waals surface area contributed by atoms with Gasteiger partial charge in [-0.25, -0.2) is 9.97 Å². The van der Waals surface area contributed by atoms with E-state index >= 15 is 0 Å². The summed E-state index contributed by atoms with van der Waals surface area (Å²) in [5, 5.41) is 4.13. The smallest absolute Gasteiger partial charge is 0.224 e. The molecule has 0 aliphatic heterocycles. The summed E-state index contributed by atoms with van der Waals surface area (Å²) >= 11 is 6.27. The molecule has 1 saturated carbocycles. The van der Waals surface area contributed by atoms with Crippen molar-refractivity contribution in [2.24, 2.45) is 0 Å². The first-order chi connectivity index (χ1) is 8.83. The maximum Gasteiger partial charge on any atom is 0.224 e. The molecule has 2 aliphatic rings. The lowest BCUT2D eigenvalue weighted by molar-refractivity contribution is 0.460. The minimum Gasteiger partial charge on any atom is -0.351 e. The second kappa shape index (κ2) is 5.43. The third-order valence-corrected chi connectivity index (χ3v) is 4.38. The lowest BCUT2D eigenvalue weighted by Gasteiger charge is -2.24. The maximum absolute atomic E-state index is 6.27. The first-order valence-corrected chi connectivity index (χ1v) is 7.52. The standard InChI is InChI=1S/C14H20ClN3/c15-13-11-8-4-5-9-12(11)17-14(18-13)16-10-6-2-1-3-7-10/h10H,1-9H2,(H,16,17,18). The average Bonchev–Trinajstić information content (AvgIpc) is 2.40. The summed E-state index contributed by atoms with van der Waals surface area (Å²) in [4.78, 5) is 9.09. The fourth-order valence-electron chi connectivity index (χ4n) is 3.04. The van der Waals surface area contributed by atoms with Crippen molar-refractivity contribution in [3.05, 3.63) is 16.4 Å². The van der Waals surface area contributed by atoms with E-state index in [4.69, 9.17) is 11.6 Å². The highest BCUT2D eigenvalue weighted by Gasteiger charge is 2.19. The lowest BCUT2D eigenvalue weighted by Crippen LogP contribution is -2.24. The Morgan fingerprint density at radius 2 is 1.72 bits per heavy atom. The predicted molar refractivity (Wildman–Crippen MR) is 74.2 cm³/mol. The number of aromatic nitrogens is 2. The molecule has 2 aliphatic carbocycles. The summed E-state index contributed by atoms with van der Waals surface area (Å²) in [5.74, 6) is 0.743. The minimum absolute atomic E-state index is 0.538. The van der Waals surface area contributed by atoms with Crippen LogP contribution in [-0.4, -0.2) is 16.0 Å². The number of hydrogen-bond acceptors (Lipinski definition) is 3. The molecule has 0 radical (unpaired) electrons. The molecule has 0 atom stereocenters. The zero-order valence-corrected chi connectivity index (χ0v) is 11.5. The van der Waals surface area contributed by atoms with Crippen molar-refractivity contribution in [3.8, 4) is 0 Å². The Kier molecular flexibility index (Phi) is 3.69. The summed E-state index contributed by atoms with van der Waals surface area (Å²) in [6.45, 7) is 0.